The fraction of sp³-hybridized carbons (Fsp3) is 0.429. The number of hydrogen-bond acceptors (Lipinski definition) is 3. The number of benzene rings is 1. The molecule has 0 saturated carbocycles. The van der Waals surface area contributed by atoms with Crippen molar-refractivity contribution < 1.29 is 14.3 Å². The Morgan fingerprint density at radius 3 is 2.47 bits per heavy atom. The number of hydrogen-bond donors (Lipinski definition) is 1. The number of imide groups is 1. The van der Waals surface area contributed by atoms with E-state index in [0.29, 0.717) is 13.2 Å². The molecule has 2 fully saturated rings. The standard InChI is InChI=1S/C14H16N2O3/c17-13-12(10-4-2-1-3-5-10)15-14(18)16(13)11-6-8-19-9-7-11/h1-5,11-12H,6-9H2,(H,15,18). The molecule has 1 atom stereocenters. The first-order valence-corrected chi connectivity index (χ1v) is 6.53. The summed E-state index contributed by atoms with van der Waals surface area (Å²) in [7, 11) is 0. The van der Waals surface area contributed by atoms with Gasteiger partial charge in [-0.15, -0.1) is 0 Å². The third-order valence-electron chi connectivity index (χ3n) is 3.66. The van der Waals surface area contributed by atoms with Crippen molar-refractivity contribution in [3.8, 4) is 0 Å². The lowest BCUT2D eigenvalue weighted by molar-refractivity contribution is -0.130. The number of carbonyl (C=O) groups is 2. The summed E-state index contributed by atoms with van der Waals surface area (Å²) in [5.41, 5.74) is 0.829. The second kappa shape index (κ2) is 5.01. The van der Waals surface area contributed by atoms with E-state index in [2.05, 4.69) is 5.32 Å². The van der Waals surface area contributed by atoms with E-state index in [0.717, 1.165) is 18.4 Å². The molecule has 0 spiro atoms. The van der Waals surface area contributed by atoms with Gasteiger partial charge in [0.05, 0.1) is 0 Å². The van der Waals surface area contributed by atoms with Crippen LogP contribution in [-0.4, -0.2) is 36.1 Å². The summed E-state index contributed by atoms with van der Waals surface area (Å²) in [6, 6.07) is 8.48. The van der Waals surface area contributed by atoms with Gasteiger partial charge in [-0.1, -0.05) is 30.3 Å². The summed E-state index contributed by atoms with van der Waals surface area (Å²) >= 11 is 0. The number of ether oxygens (including phenoxy) is 1. The van der Waals surface area contributed by atoms with E-state index in [9.17, 15) is 9.59 Å². The van der Waals surface area contributed by atoms with E-state index >= 15 is 0 Å². The first-order valence-electron chi connectivity index (χ1n) is 6.53. The molecule has 0 bridgehead atoms. The van der Waals surface area contributed by atoms with Crippen LogP contribution in [-0.2, 0) is 9.53 Å². The van der Waals surface area contributed by atoms with Crippen LogP contribution < -0.4 is 5.32 Å². The van der Waals surface area contributed by atoms with Gasteiger partial charge in [-0.05, 0) is 18.4 Å². The molecular formula is C14H16N2O3. The van der Waals surface area contributed by atoms with Gasteiger partial charge in [-0.2, -0.15) is 0 Å². The minimum atomic E-state index is -0.545. The second-order valence-corrected chi connectivity index (χ2v) is 4.84. The van der Waals surface area contributed by atoms with Gasteiger partial charge in [0, 0.05) is 19.3 Å². The fourth-order valence-corrected chi connectivity index (χ4v) is 2.65. The molecule has 3 rings (SSSR count). The number of amides is 3. The van der Waals surface area contributed by atoms with Crippen molar-refractivity contribution in [1.82, 2.24) is 10.2 Å². The highest BCUT2D eigenvalue weighted by molar-refractivity contribution is 6.04. The van der Waals surface area contributed by atoms with E-state index < -0.39 is 6.04 Å². The van der Waals surface area contributed by atoms with Gasteiger partial charge in [-0.3, -0.25) is 9.69 Å². The first-order chi connectivity index (χ1) is 9.27. The smallest absolute Gasteiger partial charge is 0.325 e. The Morgan fingerprint density at radius 1 is 1.11 bits per heavy atom. The van der Waals surface area contributed by atoms with E-state index in [1.807, 2.05) is 30.3 Å². The van der Waals surface area contributed by atoms with Crippen LogP contribution in [0.2, 0.25) is 0 Å². The van der Waals surface area contributed by atoms with Crippen molar-refractivity contribution in [2.75, 3.05) is 13.2 Å². The lowest BCUT2D eigenvalue weighted by atomic mass is 10.0. The SMILES string of the molecule is O=C1NC(c2ccccc2)C(=O)N1C1CCOCC1. The molecular weight excluding hydrogens is 244 g/mol. The van der Waals surface area contributed by atoms with Gasteiger partial charge in [0.15, 0.2) is 0 Å². The quantitative estimate of drug-likeness (QED) is 0.819. The molecule has 2 heterocycles. The van der Waals surface area contributed by atoms with E-state index in [1.165, 1.54) is 4.90 Å². The van der Waals surface area contributed by atoms with Crippen molar-refractivity contribution >= 4 is 11.9 Å². The maximum atomic E-state index is 12.4. The molecule has 2 aliphatic heterocycles. The van der Waals surface area contributed by atoms with Gasteiger partial charge in [0.25, 0.3) is 5.91 Å². The molecule has 19 heavy (non-hydrogen) atoms. The van der Waals surface area contributed by atoms with Crippen LogP contribution in [0.25, 0.3) is 0 Å². The predicted molar refractivity (Wildman–Crippen MR) is 68.4 cm³/mol. The molecule has 1 aromatic carbocycles. The number of nitrogens with zero attached hydrogens (tertiary/aromatic N) is 1. The summed E-state index contributed by atoms with van der Waals surface area (Å²) in [6.07, 6.45) is 1.45. The fourth-order valence-electron chi connectivity index (χ4n) is 2.65. The van der Waals surface area contributed by atoms with Crippen molar-refractivity contribution in [2.45, 2.75) is 24.9 Å². The van der Waals surface area contributed by atoms with Crippen LogP contribution in [0, 0.1) is 0 Å². The third-order valence-corrected chi connectivity index (χ3v) is 3.66. The summed E-state index contributed by atoms with van der Waals surface area (Å²) < 4.78 is 5.27. The van der Waals surface area contributed by atoms with Crippen LogP contribution in [0.4, 0.5) is 4.79 Å². The Hall–Kier alpha value is -1.88. The molecule has 2 saturated heterocycles. The zero-order chi connectivity index (χ0) is 13.2. The second-order valence-electron chi connectivity index (χ2n) is 4.84. The van der Waals surface area contributed by atoms with E-state index in [-0.39, 0.29) is 18.0 Å². The maximum Gasteiger partial charge on any atom is 0.325 e. The zero-order valence-electron chi connectivity index (χ0n) is 10.5. The lowest BCUT2D eigenvalue weighted by Gasteiger charge is -2.28. The Morgan fingerprint density at radius 2 is 1.79 bits per heavy atom. The Labute approximate surface area is 111 Å². The number of carbonyl (C=O) groups excluding carboxylic acids is 2. The highest BCUT2D eigenvalue weighted by Crippen LogP contribution is 2.26. The molecule has 3 amide bonds. The molecule has 1 unspecified atom stereocenters. The maximum absolute atomic E-state index is 12.4. The van der Waals surface area contributed by atoms with E-state index in [4.69, 9.17) is 4.74 Å². The molecule has 0 aliphatic carbocycles. The topological polar surface area (TPSA) is 58.6 Å². The highest BCUT2D eigenvalue weighted by atomic mass is 16.5. The van der Waals surface area contributed by atoms with Crippen LogP contribution in [0.3, 0.4) is 0 Å². The third kappa shape index (κ3) is 2.21. The van der Waals surface area contributed by atoms with Gasteiger partial charge in [0.2, 0.25) is 0 Å². The van der Waals surface area contributed by atoms with Gasteiger partial charge in [-0.25, -0.2) is 4.79 Å². The van der Waals surface area contributed by atoms with Crippen molar-refractivity contribution in [3.05, 3.63) is 35.9 Å². The van der Waals surface area contributed by atoms with Crippen LogP contribution in [0.1, 0.15) is 24.4 Å². The van der Waals surface area contributed by atoms with Gasteiger partial charge in [0.1, 0.15) is 6.04 Å². The lowest BCUT2D eigenvalue weighted by Crippen LogP contribution is -2.43. The largest absolute Gasteiger partial charge is 0.381 e. The van der Waals surface area contributed by atoms with Crippen molar-refractivity contribution in [1.29, 1.82) is 0 Å². The highest BCUT2D eigenvalue weighted by Gasteiger charge is 2.42. The molecule has 1 aromatic rings. The molecule has 1 N–H and O–H groups in total. The Kier molecular flexibility index (Phi) is 3.21. The van der Waals surface area contributed by atoms with Crippen LogP contribution in [0.15, 0.2) is 30.3 Å². The molecule has 2 aliphatic rings. The molecule has 0 radical (unpaired) electrons. The van der Waals surface area contributed by atoms with Crippen molar-refractivity contribution in [2.24, 2.45) is 0 Å². The minimum Gasteiger partial charge on any atom is -0.381 e. The summed E-state index contributed by atoms with van der Waals surface area (Å²) in [5.74, 6) is -0.150. The molecule has 0 aromatic heterocycles. The number of nitrogens with one attached hydrogen (secondary N) is 1. The average molecular weight is 260 g/mol. The average Bonchev–Trinajstić information content (AvgIpc) is 2.76. The van der Waals surface area contributed by atoms with Crippen molar-refractivity contribution in [3.63, 3.8) is 0 Å². The monoisotopic (exact) mass is 260 g/mol. The number of urea groups is 1. The molecule has 5 heteroatoms. The van der Waals surface area contributed by atoms with Crippen LogP contribution in [0.5, 0.6) is 0 Å². The zero-order valence-corrected chi connectivity index (χ0v) is 10.5. The van der Waals surface area contributed by atoms with Gasteiger partial charge < -0.3 is 10.1 Å². The van der Waals surface area contributed by atoms with Crippen LogP contribution >= 0.6 is 0 Å². The first kappa shape index (κ1) is 12.2. The Bertz CT molecular complexity index is 483. The van der Waals surface area contributed by atoms with E-state index in [1.54, 1.807) is 0 Å². The summed E-state index contributed by atoms with van der Waals surface area (Å²) in [5, 5.41) is 2.76. The van der Waals surface area contributed by atoms with Gasteiger partial charge >= 0.3 is 6.03 Å². The molecule has 100 valence electrons. The minimum absolute atomic E-state index is 0.0324. The predicted octanol–water partition coefficient (Wildman–Crippen LogP) is 1.46. The molecule has 5 nitrogen and oxygen atoms in total. The normalized spacial score (nSPS) is 24.6. The summed E-state index contributed by atoms with van der Waals surface area (Å²) in [4.78, 5) is 25.8. The summed E-state index contributed by atoms with van der Waals surface area (Å²) in [6.45, 7) is 1.22. The Balaban J connectivity index is 1.81. The number of rotatable bonds is 2.